The molecule has 3 heteroatoms. The second kappa shape index (κ2) is 6.93. The van der Waals surface area contributed by atoms with E-state index in [2.05, 4.69) is 18.7 Å². The van der Waals surface area contributed by atoms with Crippen molar-refractivity contribution in [3.63, 3.8) is 0 Å². The van der Waals surface area contributed by atoms with Crippen LogP contribution in [0.25, 0.3) is 0 Å². The molecule has 0 aromatic carbocycles. The summed E-state index contributed by atoms with van der Waals surface area (Å²) in [5.74, 6) is 1.07. The summed E-state index contributed by atoms with van der Waals surface area (Å²) >= 11 is 0. The molecule has 1 amide bonds. The fourth-order valence-corrected chi connectivity index (χ4v) is 4.06. The van der Waals surface area contributed by atoms with Crippen LogP contribution in [0.2, 0.25) is 0 Å². The van der Waals surface area contributed by atoms with Gasteiger partial charge in [0.05, 0.1) is 0 Å². The molecule has 0 bridgehead atoms. The van der Waals surface area contributed by atoms with E-state index >= 15 is 0 Å². The van der Waals surface area contributed by atoms with Crippen molar-refractivity contribution in [2.75, 3.05) is 13.1 Å². The Morgan fingerprint density at radius 3 is 2.65 bits per heavy atom. The Kier molecular flexibility index (Phi) is 5.48. The first-order chi connectivity index (χ1) is 9.58. The molecule has 0 aromatic heterocycles. The minimum atomic E-state index is 0.378. The maximum absolute atomic E-state index is 12.4. The summed E-state index contributed by atoms with van der Waals surface area (Å²) in [6.07, 6.45) is 10.2. The smallest absolute Gasteiger partial charge is 0.222 e. The van der Waals surface area contributed by atoms with Crippen LogP contribution in [0.4, 0.5) is 0 Å². The first-order valence-corrected chi connectivity index (χ1v) is 8.62. The third-order valence-electron chi connectivity index (χ3n) is 5.88. The molecule has 2 aliphatic rings. The Morgan fingerprint density at radius 2 is 2.05 bits per heavy atom. The van der Waals surface area contributed by atoms with Crippen LogP contribution in [-0.4, -0.2) is 29.9 Å². The minimum Gasteiger partial charge on any atom is -0.342 e. The van der Waals surface area contributed by atoms with E-state index < -0.39 is 0 Å². The van der Waals surface area contributed by atoms with Crippen LogP contribution in [-0.2, 0) is 4.79 Å². The minimum absolute atomic E-state index is 0.378. The number of amides is 1. The molecule has 20 heavy (non-hydrogen) atoms. The van der Waals surface area contributed by atoms with Gasteiger partial charge in [0.1, 0.15) is 0 Å². The Labute approximate surface area is 124 Å². The summed E-state index contributed by atoms with van der Waals surface area (Å²) in [6.45, 7) is 6.50. The normalized spacial score (nSPS) is 29.6. The predicted molar refractivity (Wildman–Crippen MR) is 83.4 cm³/mol. The van der Waals surface area contributed by atoms with Crippen LogP contribution < -0.4 is 5.73 Å². The molecule has 2 rings (SSSR count). The number of hydrogen-bond donors (Lipinski definition) is 1. The van der Waals surface area contributed by atoms with Crippen molar-refractivity contribution in [2.45, 2.75) is 77.7 Å². The predicted octanol–water partition coefficient (Wildman–Crippen LogP) is 3.32. The first-order valence-electron chi connectivity index (χ1n) is 8.62. The molecule has 1 heterocycles. The van der Waals surface area contributed by atoms with Gasteiger partial charge in [0.15, 0.2) is 0 Å². The van der Waals surface area contributed by atoms with Crippen molar-refractivity contribution in [3.8, 4) is 0 Å². The van der Waals surface area contributed by atoms with Gasteiger partial charge in [-0.2, -0.15) is 0 Å². The molecule has 2 N–H and O–H groups in total. The Balaban J connectivity index is 1.75. The van der Waals surface area contributed by atoms with Crippen molar-refractivity contribution in [1.82, 2.24) is 4.90 Å². The van der Waals surface area contributed by atoms with E-state index in [1.54, 1.807) is 0 Å². The lowest BCUT2D eigenvalue weighted by atomic mass is 9.82. The average Bonchev–Trinajstić information content (AvgIpc) is 2.90. The van der Waals surface area contributed by atoms with Crippen LogP contribution in [0.15, 0.2) is 0 Å². The number of hydrogen-bond acceptors (Lipinski definition) is 2. The van der Waals surface area contributed by atoms with Crippen molar-refractivity contribution >= 4 is 5.91 Å². The van der Waals surface area contributed by atoms with E-state index in [1.807, 2.05) is 0 Å². The summed E-state index contributed by atoms with van der Waals surface area (Å²) in [6, 6.07) is 0.378. The third-order valence-corrected chi connectivity index (χ3v) is 5.88. The average molecular weight is 280 g/mol. The standard InChI is InChI=1S/C17H32N2O/c1-3-17(4-2)10-11-19(13-17)16(20)9-8-14-6-5-7-15(18)12-14/h14-15H,3-13,18H2,1-2H3. The van der Waals surface area contributed by atoms with Gasteiger partial charge in [-0.05, 0) is 49.9 Å². The van der Waals surface area contributed by atoms with E-state index in [0.717, 1.165) is 32.4 Å². The molecule has 116 valence electrons. The van der Waals surface area contributed by atoms with Gasteiger partial charge in [-0.1, -0.05) is 26.7 Å². The van der Waals surface area contributed by atoms with E-state index in [9.17, 15) is 4.79 Å². The van der Waals surface area contributed by atoms with Crippen molar-refractivity contribution < 1.29 is 4.79 Å². The largest absolute Gasteiger partial charge is 0.342 e. The molecule has 2 atom stereocenters. The fraction of sp³-hybridized carbons (Fsp3) is 0.941. The highest BCUT2D eigenvalue weighted by molar-refractivity contribution is 5.76. The summed E-state index contributed by atoms with van der Waals surface area (Å²) in [5, 5.41) is 0. The van der Waals surface area contributed by atoms with Gasteiger partial charge in [0, 0.05) is 25.6 Å². The van der Waals surface area contributed by atoms with Gasteiger partial charge in [-0.25, -0.2) is 0 Å². The van der Waals surface area contributed by atoms with Gasteiger partial charge in [0.2, 0.25) is 5.91 Å². The molecule has 1 aliphatic heterocycles. The van der Waals surface area contributed by atoms with E-state index in [4.69, 9.17) is 5.73 Å². The van der Waals surface area contributed by atoms with Crippen LogP contribution in [0, 0.1) is 11.3 Å². The van der Waals surface area contributed by atoms with Gasteiger partial charge >= 0.3 is 0 Å². The van der Waals surface area contributed by atoms with Gasteiger partial charge in [-0.15, -0.1) is 0 Å². The number of nitrogens with two attached hydrogens (primary N) is 1. The SMILES string of the molecule is CCC1(CC)CCN(C(=O)CCC2CCCC(N)C2)C1. The van der Waals surface area contributed by atoms with E-state index in [-0.39, 0.29) is 0 Å². The molecule has 2 unspecified atom stereocenters. The van der Waals surface area contributed by atoms with Crippen molar-refractivity contribution in [2.24, 2.45) is 17.1 Å². The van der Waals surface area contributed by atoms with E-state index in [1.165, 1.54) is 38.5 Å². The monoisotopic (exact) mass is 280 g/mol. The zero-order chi connectivity index (χ0) is 14.6. The quantitative estimate of drug-likeness (QED) is 0.839. The highest BCUT2D eigenvalue weighted by Crippen LogP contribution is 2.37. The number of carbonyl (C=O) groups excluding carboxylic acids is 1. The maximum atomic E-state index is 12.4. The lowest BCUT2D eigenvalue weighted by Crippen LogP contribution is -2.33. The van der Waals surface area contributed by atoms with E-state index in [0.29, 0.717) is 23.3 Å². The molecule has 0 spiro atoms. The third kappa shape index (κ3) is 3.75. The summed E-state index contributed by atoms with van der Waals surface area (Å²) in [7, 11) is 0. The molecule has 0 aromatic rings. The number of carbonyl (C=O) groups is 1. The van der Waals surface area contributed by atoms with Crippen LogP contribution >= 0.6 is 0 Å². The topological polar surface area (TPSA) is 46.3 Å². The van der Waals surface area contributed by atoms with Gasteiger partial charge in [-0.3, -0.25) is 4.79 Å². The Hall–Kier alpha value is -0.570. The molecular weight excluding hydrogens is 248 g/mol. The number of nitrogens with zero attached hydrogens (tertiary/aromatic N) is 1. The molecule has 0 radical (unpaired) electrons. The highest BCUT2D eigenvalue weighted by Gasteiger charge is 2.36. The highest BCUT2D eigenvalue weighted by atomic mass is 16.2. The molecule has 2 fully saturated rings. The van der Waals surface area contributed by atoms with Crippen molar-refractivity contribution in [3.05, 3.63) is 0 Å². The first kappa shape index (κ1) is 15.8. The lowest BCUT2D eigenvalue weighted by Gasteiger charge is -2.28. The summed E-state index contributed by atoms with van der Waals surface area (Å²) in [4.78, 5) is 14.5. The zero-order valence-corrected chi connectivity index (χ0v) is 13.4. The Morgan fingerprint density at radius 1 is 1.30 bits per heavy atom. The zero-order valence-electron chi connectivity index (χ0n) is 13.4. The second-order valence-corrected chi connectivity index (χ2v) is 7.10. The molecule has 1 saturated carbocycles. The summed E-state index contributed by atoms with van der Waals surface area (Å²) in [5.41, 5.74) is 6.44. The van der Waals surface area contributed by atoms with Gasteiger partial charge in [0.25, 0.3) is 0 Å². The molecule has 3 nitrogen and oxygen atoms in total. The Bertz CT molecular complexity index is 325. The van der Waals surface area contributed by atoms with Crippen LogP contribution in [0.3, 0.4) is 0 Å². The van der Waals surface area contributed by atoms with Gasteiger partial charge < -0.3 is 10.6 Å². The summed E-state index contributed by atoms with van der Waals surface area (Å²) < 4.78 is 0. The lowest BCUT2D eigenvalue weighted by molar-refractivity contribution is -0.131. The van der Waals surface area contributed by atoms with Crippen LogP contribution in [0.5, 0.6) is 0 Å². The molecular formula is C17H32N2O. The second-order valence-electron chi connectivity index (χ2n) is 7.10. The van der Waals surface area contributed by atoms with Crippen LogP contribution in [0.1, 0.15) is 71.6 Å². The molecule has 1 aliphatic carbocycles. The maximum Gasteiger partial charge on any atom is 0.222 e. The fourth-order valence-electron chi connectivity index (χ4n) is 4.06. The molecule has 1 saturated heterocycles. The number of rotatable bonds is 5. The number of likely N-dealkylation sites (tertiary alicyclic amines) is 1. The van der Waals surface area contributed by atoms with Crippen molar-refractivity contribution in [1.29, 1.82) is 0 Å².